The second-order valence-corrected chi connectivity index (χ2v) is 7.54. The van der Waals surface area contributed by atoms with Crippen LogP contribution in [0.15, 0.2) is 40.9 Å². The van der Waals surface area contributed by atoms with Gasteiger partial charge in [0.15, 0.2) is 17.3 Å². The van der Waals surface area contributed by atoms with E-state index in [2.05, 4.69) is 5.32 Å². The summed E-state index contributed by atoms with van der Waals surface area (Å²) in [5, 5.41) is 13.4. The van der Waals surface area contributed by atoms with Crippen molar-refractivity contribution in [2.45, 2.75) is 25.8 Å². The van der Waals surface area contributed by atoms with Crippen LogP contribution < -0.4 is 14.8 Å². The Balaban J connectivity index is 1.85. The summed E-state index contributed by atoms with van der Waals surface area (Å²) in [6.07, 6.45) is 4.02. The van der Waals surface area contributed by atoms with E-state index in [1.807, 2.05) is 0 Å². The average Bonchev–Trinajstić information content (AvgIpc) is 3.32. The van der Waals surface area contributed by atoms with Crippen molar-refractivity contribution >= 4 is 23.3 Å². The fraction of sp³-hybridized carbons (Fsp3) is 0.273. The van der Waals surface area contributed by atoms with Crippen molar-refractivity contribution in [1.82, 2.24) is 5.32 Å². The third-order valence-electron chi connectivity index (χ3n) is 5.63. The smallest absolute Gasteiger partial charge is 0.259 e. The number of aromatic hydroxyl groups is 1. The molecule has 1 amide bonds. The number of amides is 1. The molecule has 1 aromatic carbocycles. The van der Waals surface area contributed by atoms with Gasteiger partial charge in [0.25, 0.3) is 5.91 Å². The number of phenolic OH excluding ortho intramolecular Hbond substituents is 1. The van der Waals surface area contributed by atoms with E-state index in [9.17, 15) is 24.3 Å². The lowest BCUT2D eigenvalue weighted by atomic mass is 9.67. The highest BCUT2D eigenvalue weighted by molar-refractivity contribution is 6.27. The van der Waals surface area contributed by atoms with Crippen LogP contribution >= 0.6 is 0 Å². The number of fused-ring (bicyclic) bond motifs is 3. The van der Waals surface area contributed by atoms with Gasteiger partial charge in [-0.2, -0.15) is 0 Å². The highest BCUT2D eigenvalue weighted by atomic mass is 16.5. The number of allylic oxidation sites excluding steroid dienone is 2. The highest BCUT2D eigenvalue weighted by Crippen LogP contribution is 2.56. The van der Waals surface area contributed by atoms with Gasteiger partial charge in [0.2, 0.25) is 0 Å². The fourth-order valence-corrected chi connectivity index (χ4v) is 4.02. The number of hydrogen-bond acceptors (Lipinski definition) is 8. The van der Waals surface area contributed by atoms with E-state index >= 15 is 0 Å². The minimum atomic E-state index is -1.60. The van der Waals surface area contributed by atoms with E-state index in [0.29, 0.717) is 0 Å². The Morgan fingerprint density at radius 1 is 1.32 bits per heavy atom. The first kappa shape index (κ1) is 20.4. The van der Waals surface area contributed by atoms with Gasteiger partial charge in [-0.1, -0.05) is 0 Å². The summed E-state index contributed by atoms with van der Waals surface area (Å²) in [6, 6.07) is 2.89. The van der Waals surface area contributed by atoms with Gasteiger partial charge in [0.05, 0.1) is 25.2 Å². The zero-order valence-electron chi connectivity index (χ0n) is 17.0. The van der Waals surface area contributed by atoms with Crippen LogP contribution in [0.2, 0.25) is 0 Å². The molecule has 1 aliphatic heterocycles. The number of nitrogens with one attached hydrogen (secondary N) is 1. The van der Waals surface area contributed by atoms with Crippen molar-refractivity contribution in [3.05, 3.63) is 53.2 Å². The van der Waals surface area contributed by atoms with Crippen molar-refractivity contribution in [2.75, 3.05) is 7.11 Å². The molecule has 0 radical (unpaired) electrons. The van der Waals surface area contributed by atoms with Crippen LogP contribution in [-0.4, -0.2) is 35.5 Å². The van der Waals surface area contributed by atoms with Gasteiger partial charge in [-0.05, 0) is 19.9 Å². The minimum Gasteiger partial charge on any atom is -0.507 e. The molecule has 1 aromatic heterocycles. The lowest BCUT2D eigenvalue weighted by molar-refractivity contribution is -0.140. The number of phenols is 1. The van der Waals surface area contributed by atoms with E-state index in [1.54, 1.807) is 6.07 Å². The molecule has 2 atom stereocenters. The standard InChI is InChI=1S/C22H19NO8/c1-10(24)16-12(25)7-15-22(2,20(16)27)18-13(26)6-14(29-3)17(19(18)31-15)21(28)23-8-11-4-5-30-9-11/h4-7,9,16,26H,8H2,1-3H3,(H,23,28)/t16?,22-/m1/s1. The third kappa shape index (κ3) is 2.92. The zero-order chi connectivity index (χ0) is 22.5. The summed E-state index contributed by atoms with van der Waals surface area (Å²) in [4.78, 5) is 50.5. The van der Waals surface area contributed by atoms with Gasteiger partial charge < -0.3 is 24.3 Å². The van der Waals surface area contributed by atoms with Gasteiger partial charge in [-0.25, -0.2) is 0 Å². The van der Waals surface area contributed by atoms with Crippen molar-refractivity contribution in [1.29, 1.82) is 0 Å². The van der Waals surface area contributed by atoms with E-state index in [0.717, 1.165) is 18.6 Å². The number of carbonyl (C=O) groups excluding carboxylic acids is 4. The number of furan rings is 1. The Morgan fingerprint density at radius 3 is 2.68 bits per heavy atom. The van der Waals surface area contributed by atoms with Gasteiger partial charge in [-0.3, -0.25) is 19.2 Å². The average molecular weight is 425 g/mol. The van der Waals surface area contributed by atoms with Crippen LogP contribution in [-0.2, 0) is 26.3 Å². The molecule has 2 N–H and O–H groups in total. The first-order valence-corrected chi connectivity index (χ1v) is 9.42. The monoisotopic (exact) mass is 425 g/mol. The summed E-state index contributed by atoms with van der Waals surface area (Å²) in [5.74, 6) is -4.59. The number of ether oxygens (including phenoxy) is 2. The van der Waals surface area contributed by atoms with Crippen LogP contribution in [0.3, 0.4) is 0 Å². The predicted molar refractivity (Wildman–Crippen MR) is 105 cm³/mol. The molecule has 2 heterocycles. The zero-order valence-corrected chi connectivity index (χ0v) is 17.0. The van der Waals surface area contributed by atoms with Crippen molar-refractivity contribution in [2.24, 2.45) is 5.92 Å². The molecule has 0 saturated heterocycles. The molecular weight excluding hydrogens is 406 g/mol. The largest absolute Gasteiger partial charge is 0.507 e. The Labute approximate surface area is 176 Å². The van der Waals surface area contributed by atoms with Gasteiger partial charge in [-0.15, -0.1) is 0 Å². The molecule has 31 heavy (non-hydrogen) atoms. The van der Waals surface area contributed by atoms with Crippen molar-refractivity contribution < 1.29 is 38.2 Å². The molecule has 2 aromatic rings. The number of Topliss-reactive ketones (excluding diaryl/α,β-unsaturated/α-hetero) is 2. The highest BCUT2D eigenvalue weighted by Gasteiger charge is 2.58. The van der Waals surface area contributed by atoms with Gasteiger partial charge >= 0.3 is 0 Å². The quantitative estimate of drug-likeness (QED) is 0.694. The Kier molecular flexibility index (Phi) is 4.68. The Hall–Kier alpha value is -3.88. The molecule has 2 aliphatic rings. The Bertz CT molecular complexity index is 1160. The second kappa shape index (κ2) is 7.12. The van der Waals surface area contributed by atoms with Crippen LogP contribution in [0.25, 0.3) is 0 Å². The maximum Gasteiger partial charge on any atom is 0.259 e. The molecule has 0 saturated carbocycles. The second-order valence-electron chi connectivity index (χ2n) is 7.54. The van der Waals surface area contributed by atoms with E-state index in [4.69, 9.17) is 13.9 Å². The van der Waals surface area contributed by atoms with E-state index in [-0.39, 0.29) is 40.7 Å². The topological polar surface area (TPSA) is 132 Å². The fourth-order valence-electron chi connectivity index (χ4n) is 4.02. The summed E-state index contributed by atoms with van der Waals surface area (Å²) >= 11 is 0. The SMILES string of the molecule is COc1cc(O)c2c(c1C(=O)NCc1ccoc1)OC1=CC(=O)C(C(C)=O)C(=O)[C@]12C. The molecule has 160 valence electrons. The summed E-state index contributed by atoms with van der Waals surface area (Å²) in [7, 11) is 1.32. The number of benzene rings is 1. The molecule has 0 spiro atoms. The van der Waals surface area contributed by atoms with E-state index < -0.39 is 34.6 Å². The first-order valence-electron chi connectivity index (χ1n) is 9.42. The number of rotatable bonds is 5. The summed E-state index contributed by atoms with van der Waals surface area (Å²) in [5.41, 5.74) is -0.918. The number of methoxy groups -OCH3 is 1. The molecule has 0 fully saturated rings. The molecule has 4 rings (SSSR count). The normalized spacial score (nSPS) is 21.6. The summed E-state index contributed by atoms with van der Waals surface area (Å²) in [6.45, 7) is 2.76. The minimum absolute atomic E-state index is 0.0109. The molecule has 0 bridgehead atoms. The van der Waals surface area contributed by atoms with Crippen LogP contribution in [0.1, 0.15) is 35.3 Å². The molecule has 9 heteroatoms. The lowest BCUT2D eigenvalue weighted by Gasteiger charge is -2.30. The van der Waals surface area contributed by atoms with Crippen LogP contribution in [0, 0.1) is 5.92 Å². The first-order chi connectivity index (χ1) is 14.7. The van der Waals surface area contributed by atoms with Crippen LogP contribution in [0.5, 0.6) is 17.2 Å². The molecule has 1 unspecified atom stereocenters. The Morgan fingerprint density at radius 2 is 2.06 bits per heavy atom. The van der Waals surface area contributed by atoms with Crippen molar-refractivity contribution in [3.8, 4) is 17.2 Å². The van der Waals surface area contributed by atoms with Gasteiger partial charge in [0, 0.05) is 24.3 Å². The lowest BCUT2D eigenvalue weighted by Crippen LogP contribution is -2.47. The summed E-state index contributed by atoms with van der Waals surface area (Å²) < 4.78 is 16.0. The number of carbonyl (C=O) groups is 4. The molecule has 9 nitrogen and oxygen atoms in total. The van der Waals surface area contributed by atoms with E-state index in [1.165, 1.54) is 32.6 Å². The third-order valence-corrected chi connectivity index (χ3v) is 5.63. The van der Waals surface area contributed by atoms with Crippen LogP contribution in [0.4, 0.5) is 0 Å². The molecular formula is C22H19NO8. The van der Waals surface area contributed by atoms with Crippen molar-refractivity contribution in [3.63, 3.8) is 0 Å². The number of ketones is 3. The number of hydrogen-bond donors (Lipinski definition) is 2. The maximum atomic E-state index is 13.2. The predicted octanol–water partition coefficient (Wildman–Crippen LogP) is 1.81. The van der Waals surface area contributed by atoms with Gasteiger partial charge in [0.1, 0.15) is 39.9 Å². The molecule has 1 aliphatic carbocycles. The maximum absolute atomic E-state index is 13.2.